The summed E-state index contributed by atoms with van der Waals surface area (Å²) in [5.74, 6) is -0.787. The SMILES string of the molecule is Nc1cc(C(=O)CO)c(Cl)cc1C(F)(F)F. The quantitative estimate of drug-likeness (QED) is 0.627. The molecule has 0 spiro atoms. The zero-order chi connectivity index (χ0) is 12.5. The van der Waals surface area contributed by atoms with Crippen molar-refractivity contribution in [3.63, 3.8) is 0 Å². The van der Waals surface area contributed by atoms with E-state index in [-0.39, 0.29) is 10.6 Å². The average molecular weight is 254 g/mol. The van der Waals surface area contributed by atoms with Gasteiger partial charge in [-0.05, 0) is 12.1 Å². The van der Waals surface area contributed by atoms with Crippen LogP contribution < -0.4 is 5.73 Å². The molecule has 0 aliphatic heterocycles. The van der Waals surface area contributed by atoms with Gasteiger partial charge in [0.05, 0.1) is 10.6 Å². The van der Waals surface area contributed by atoms with E-state index in [1.54, 1.807) is 0 Å². The highest BCUT2D eigenvalue weighted by Crippen LogP contribution is 2.36. The van der Waals surface area contributed by atoms with E-state index in [4.69, 9.17) is 22.4 Å². The van der Waals surface area contributed by atoms with E-state index in [0.29, 0.717) is 6.07 Å². The molecule has 3 nitrogen and oxygen atoms in total. The number of hydrogen-bond donors (Lipinski definition) is 2. The highest BCUT2D eigenvalue weighted by Gasteiger charge is 2.34. The fourth-order valence-corrected chi connectivity index (χ4v) is 1.40. The molecule has 1 aromatic rings. The summed E-state index contributed by atoms with van der Waals surface area (Å²) in [5, 5.41) is 8.17. The Morgan fingerprint density at radius 1 is 1.44 bits per heavy atom. The van der Waals surface area contributed by atoms with Crippen molar-refractivity contribution >= 4 is 23.1 Å². The molecule has 88 valence electrons. The number of aliphatic hydroxyl groups excluding tert-OH is 1. The topological polar surface area (TPSA) is 63.3 Å². The molecule has 0 saturated carbocycles. The standard InChI is InChI=1S/C9H7ClF3NO2/c10-6-2-5(9(11,12)13)7(14)1-4(6)8(16)3-15/h1-2,15H,3,14H2. The summed E-state index contributed by atoms with van der Waals surface area (Å²) >= 11 is 5.49. The van der Waals surface area contributed by atoms with Gasteiger partial charge in [0, 0.05) is 11.3 Å². The minimum Gasteiger partial charge on any atom is -0.398 e. The zero-order valence-electron chi connectivity index (χ0n) is 7.81. The van der Waals surface area contributed by atoms with Crippen molar-refractivity contribution in [1.82, 2.24) is 0 Å². The first-order chi connectivity index (χ1) is 7.27. The maximum Gasteiger partial charge on any atom is 0.418 e. The van der Waals surface area contributed by atoms with Gasteiger partial charge in [0.2, 0.25) is 0 Å². The predicted octanol–water partition coefficient (Wildman–Crippen LogP) is 2.12. The lowest BCUT2D eigenvalue weighted by Gasteiger charge is -2.12. The molecule has 0 fully saturated rings. The molecule has 1 aromatic carbocycles. The number of halogens is 4. The summed E-state index contributed by atoms with van der Waals surface area (Å²) in [6, 6.07) is 1.38. The molecule has 1 rings (SSSR count). The van der Waals surface area contributed by atoms with Crippen molar-refractivity contribution in [2.24, 2.45) is 0 Å². The maximum absolute atomic E-state index is 12.4. The second kappa shape index (κ2) is 4.31. The summed E-state index contributed by atoms with van der Waals surface area (Å²) < 4.78 is 37.1. The van der Waals surface area contributed by atoms with Gasteiger partial charge in [-0.25, -0.2) is 0 Å². The highest BCUT2D eigenvalue weighted by atomic mass is 35.5. The van der Waals surface area contributed by atoms with Gasteiger partial charge in [0.1, 0.15) is 6.61 Å². The highest BCUT2D eigenvalue weighted by molar-refractivity contribution is 6.34. The van der Waals surface area contributed by atoms with Crippen molar-refractivity contribution in [1.29, 1.82) is 0 Å². The van der Waals surface area contributed by atoms with Gasteiger partial charge < -0.3 is 10.8 Å². The monoisotopic (exact) mass is 253 g/mol. The number of carbonyl (C=O) groups is 1. The smallest absolute Gasteiger partial charge is 0.398 e. The van der Waals surface area contributed by atoms with Crippen LogP contribution in [-0.2, 0) is 6.18 Å². The Bertz CT molecular complexity index is 431. The van der Waals surface area contributed by atoms with Gasteiger partial charge in [0.25, 0.3) is 0 Å². The van der Waals surface area contributed by atoms with Crippen LogP contribution in [0.4, 0.5) is 18.9 Å². The molecular formula is C9H7ClF3NO2. The number of alkyl halides is 3. The first-order valence-corrected chi connectivity index (χ1v) is 4.45. The Kier molecular flexibility index (Phi) is 3.44. The van der Waals surface area contributed by atoms with Gasteiger partial charge in [-0.1, -0.05) is 11.6 Å². The van der Waals surface area contributed by atoms with Crippen molar-refractivity contribution in [3.8, 4) is 0 Å². The van der Waals surface area contributed by atoms with Crippen LogP contribution >= 0.6 is 11.6 Å². The molecule has 0 aliphatic carbocycles. The number of ketones is 1. The summed E-state index contributed by atoms with van der Waals surface area (Å²) in [4.78, 5) is 11.1. The second-order valence-corrected chi connectivity index (χ2v) is 3.41. The van der Waals surface area contributed by atoms with Crippen molar-refractivity contribution in [2.45, 2.75) is 6.18 Å². The number of nitrogens with two attached hydrogens (primary N) is 1. The van der Waals surface area contributed by atoms with E-state index in [1.807, 2.05) is 0 Å². The Hall–Kier alpha value is -1.27. The molecule has 0 radical (unpaired) electrons. The molecule has 0 unspecified atom stereocenters. The number of hydrogen-bond acceptors (Lipinski definition) is 3. The van der Waals surface area contributed by atoms with Crippen LogP contribution in [0.25, 0.3) is 0 Å². The van der Waals surface area contributed by atoms with Crippen molar-refractivity contribution < 1.29 is 23.1 Å². The van der Waals surface area contributed by atoms with Crippen LogP contribution in [0.3, 0.4) is 0 Å². The second-order valence-electron chi connectivity index (χ2n) is 3.00. The van der Waals surface area contributed by atoms with Crippen molar-refractivity contribution in [3.05, 3.63) is 28.3 Å². The van der Waals surface area contributed by atoms with Crippen LogP contribution in [0.2, 0.25) is 5.02 Å². The lowest BCUT2D eigenvalue weighted by molar-refractivity contribution is -0.136. The van der Waals surface area contributed by atoms with Crippen LogP contribution in [-0.4, -0.2) is 17.5 Å². The molecule has 7 heteroatoms. The number of aliphatic hydroxyl groups is 1. The predicted molar refractivity (Wildman–Crippen MR) is 52.3 cm³/mol. The molecule has 0 amide bonds. The van der Waals surface area contributed by atoms with Gasteiger partial charge in [-0.2, -0.15) is 13.2 Å². The molecule has 3 N–H and O–H groups in total. The van der Waals surface area contributed by atoms with Crippen LogP contribution in [0.15, 0.2) is 12.1 Å². The number of anilines is 1. The minimum absolute atomic E-state index is 0.227. The molecule has 0 aromatic heterocycles. The maximum atomic E-state index is 12.4. The first kappa shape index (κ1) is 12.8. The lowest BCUT2D eigenvalue weighted by atomic mass is 10.1. The molecule has 0 bridgehead atoms. The number of nitrogen functional groups attached to an aromatic ring is 1. The summed E-state index contributed by atoms with van der Waals surface area (Å²) in [6.07, 6.45) is -4.63. The Labute approximate surface area is 93.6 Å². The molecule has 0 atom stereocenters. The van der Waals surface area contributed by atoms with Gasteiger partial charge in [-0.3, -0.25) is 4.79 Å². The molecule has 0 heterocycles. The van der Waals surface area contributed by atoms with E-state index in [9.17, 15) is 18.0 Å². The number of rotatable bonds is 2. The Morgan fingerprint density at radius 2 is 2.00 bits per heavy atom. The zero-order valence-corrected chi connectivity index (χ0v) is 8.56. The fraction of sp³-hybridized carbons (Fsp3) is 0.222. The molecular weight excluding hydrogens is 247 g/mol. The van der Waals surface area contributed by atoms with E-state index >= 15 is 0 Å². The van der Waals surface area contributed by atoms with Crippen LogP contribution in [0, 0.1) is 0 Å². The summed E-state index contributed by atoms with van der Waals surface area (Å²) in [7, 11) is 0. The molecule has 0 saturated heterocycles. The number of benzene rings is 1. The fourth-order valence-electron chi connectivity index (χ4n) is 1.13. The van der Waals surface area contributed by atoms with Crippen LogP contribution in [0.5, 0.6) is 0 Å². The number of carbonyl (C=O) groups excluding carboxylic acids is 1. The largest absolute Gasteiger partial charge is 0.418 e. The number of Topliss-reactive ketones (excluding diaryl/α,β-unsaturated/α-hetero) is 1. The lowest BCUT2D eigenvalue weighted by Crippen LogP contribution is -2.12. The first-order valence-electron chi connectivity index (χ1n) is 4.07. The van der Waals surface area contributed by atoms with E-state index in [0.717, 1.165) is 6.07 Å². The third kappa shape index (κ3) is 2.45. The summed E-state index contributed by atoms with van der Waals surface area (Å²) in [5.41, 5.74) is 3.22. The Morgan fingerprint density at radius 3 is 2.44 bits per heavy atom. The Balaban J connectivity index is 3.33. The van der Waals surface area contributed by atoms with Gasteiger partial charge >= 0.3 is 6.18 Å². The van der Waals surface area contributed by atoms with Gasteiger partial charge in [-0.15, -0.1) is 0 Å². The third-order valence-electron chi connectivity index (χ3n) is 1.89. The minimum atomic E-state index is -4.63. The van der Waals surface area contributed by atoms with Gasteiger partial charge in [0.15, 0.2) is 5.78 Å². The van der Waals surface area contributed by atoms with Crippen molar-refractivity contribution in [2.75, 3.05) is 12.3 Å². The van der Waals surface area contributed by atoms with E-state index < -0.39 is 29.8 Å². The van der Waals surface area contributed by atoms with Crippen LogP contribution in [0.1, 0.15) is 15.9 Å². The normalized spacial score (nSPS) is 11.6. The average Bonchev–Trinajstić information content (AvgIpc) is 2.18. The molecule has 16 heavy (non-hydrogen) atoms. The summed E-state index contributed by atoms with van der Waals surface area (Å²) in [6.45, 7) is -0.843. The van der Waals surface area contributed by atoms with E-state index in [2.05, 4.69) is 0 Å². The molecule has 0 aliphatic rings. The third-order valence-corrected chi connectivity index (χ3v) is 2.20. The van der Waals surface area contributed by atoms with E-state index in [1.165, 1.54) is 0 Å².